The van der Waals surface area contributed by atoms with Crippen LogP contribution in [0, 0.1) is 0 Å². The minimum Gasteiger partial charge on any atom is -0.368 e. The summed E-state index contributed by atoms with van der Waals surface area (Å²) in [5.74, 6) is -0.960. The summed E-state index contributed by atoms with van der Waals surface area (Å²) in [6, 6.07) is 3.16. The lowest BCUT2D eigenvalue weighted by Crippen LogP contribution is -2.40. The van der Waals surface area contributed by atoms with Crippen molar-refractivity contribution in [3.8, 4) is 0 Å². The summed E-state index contributed by atoms with van der Waals surface area (Å²) in [5.41, 5.74) is 7.12. The number of hydrogen-bond acceptors (Lipinski definition) is 6. The molecule has 0 unspecified atom stereocenters. The van der Waals surface area contributed by atoms with Crippen LogP contribution in [0.25, 0.3) is 0 Å². The Morgan fingerprint density at radius 2 is 2.11 bits per heavy atom. The van der Waals surface area contributed by atoms with E-state index in [-0.39, 0.29) is 12.5 Å². The molecule has 4 rings (SSSR count). The lowest BCUT2D eigenvalue weighted by atomic mass is 9.99. The number of nitrogens with one attached hydrogen (secondary N) is 1. The predicted octanol–water partition coefficient (Wildman–Crippen LogP) is 0.823. The molecule has 2 bridgehead atoms. The molecule has 0 spiro atoms. The molecule has 2 aromatic heterocycles. The molecule has 0 radical (unpaired) electrons. The van der Waals surface area contributed by atoms with Gasteiger partial charge in [-0.1, -0.05) is 0 Å². The summed E-state index contributed by atoms with van der Waals surface area (Å²) < 4.78 is 0. The number of amides is 4. The average molecular weight is 387 g/mol. The number of primary amides is 1. The first-order valence-corrected chi connectivity index (χ1v) is 9.17. The van der Waals surface area contributed by atoms with Gasteiger partial charge in [0.1, 0.15) is 12.1 Å². The van der Waals surface area contributed by atoms with Gasteiger partial charge in [0.2, 0.25) is 5.91 Å². The second kappa shape index (κ2) is 6.63. The summed E-state index contributed by atoms with van der Waals surface area (Å²) in [6.07, 6.45) is 4.06. The summed E-state index contributed by atoms with van der Waals surface area (Å²) in [7, 11) is 0. The van der Waals surface area contributed by atoms with Gasteiger partial charge in [-0.05, 0) is 35.7 Å². The van der Waals surface area contributed by atoms with Crippen LogP contribution in [0.2, 0.25) is 0 Å². The minimum atomic E-state index is -0.968. The van der Waals surface area contributed by atoms with Crippen molar-refractivity contribution >= 4 is 29.2 Å². The number of urea groups is 1. The topological polar surface area (TPSA) is 129 Å². The molecule has 0 aliphatic carbocycles. The third-order valence-electron chi connectivity index (χ3n) is 4.76. The summed E-state index contributed by atoms with van der Waals surface area (Å²) in [6.45, 7) is 0.612. The minimum absolute atomic E-state index is 0.162. The summed E-state index contributed by atoms with van der Waals surface area (Å²) in [5, 5.41) is 13.5. The standard InChI is InChI=1S/C17H17N5O4S/c18-15(23)13-14-10(11-8-21(13)17(25)22(11)26)7-12(27-14)16(24)20-6-3-9-1-4-19-5-2-9/h1-2,4-5,7,11,13,26H,3,6,8H2,(H2,18,23)(H,20,24)/t11-,13+/m1/s1. The van der Waals surface area contributed by atoms with Crippen molar-refractivity contribution in [1.29, 1.82) is 0 Å². The van der Waals surface area contributed by atoms with E-state index in [1.165, 1.54) is 4.90 Å². The average Bonchev–Trinajstić information content (AvgIpc) is 3.20. The van der Waals surface area contributed by atoms with Gasteiger partial charge in [-0.25, -0.2) is 4.79 Å². The number of nitrogens with zero attached hydrogens (tertiary/aromatic N) is 3. The summed E-state index contributed by atoms with van der Waals surface area (Å²) >= 11 is 1.12. The zero-order chi connectivity index (χ0) is 19.1. The molecule has 2 aromatic rings. The van der Waals surface area contributed by atoms with E-state index in [1.54, 1.807) is 18.5 Å². The number of hydrogen-bond donors (Lipinski definition) is 3. The fourth-order valence-corrected chi connectivity index (χ4v) is 4.69. The number of aromatic nitrogens is 1. The second-order valence-electron chi connectivity index (χ2n) is 6.39. The molecule has 0 aromatic carbocycles. The normalized spacial score (nSPS) is 20.6. The fourth-order valence-electron chi connectivity index (χ4n) is 3.44. The van der Waals surface area contributed by atoms with Crippen LogP contribution in [-0.2, 0) is 11.2 Å². The zero-order valence-corrected chi connectivity index (χ0v) is 15.0. The van der Waals surface area contributed by atoms with Crippen LogP contribution in [-0.4, -0.2) is 51.1 Å². The van der Waals surface area contributed by atoms with Crippen LogP contribution in [0.3, 0.4) is 0 Å². The Kier molecular flexibility index (Phi) is 4.28. The monoisotopic (exact) mass is 387 g/mol. The molecule has 0 saturated carbocycles. The lowest BCUT2D eigenvalue weighted by molar-refractivity contribution is -0.122. The van der Waals surface area contributed by atoms with Crippen molar-refractivity contribution < 1.29 is 19.6 Å². The molecular formula is C17H17N5O4S. The third kappa shape index (κ3) is 2.92. The van der Waals surface area contributed by atoms with Crippen molar-refractivity contribution in [2.45, 2.75) is 18.5 Å². The molecule has 4 N–H and O–H groups in total. The van der Waals surface area contributed by atoms with E-state index in [0.717, 1.165) is 16.9 Å². The molecule has 1 saturated heterocycles. The highest BCUT2D eigenvalue weighted by molar-refractivity contribution is 7.14. The molecule has 10 heteroatoms. The van der Waals surface area contributed by atoms with Crippen LogP contribution in [0.5, 0.6) is 0 Å². The number of carbonyl (C=O) groups is 3. The number of thiophene rings is 1. The maximum absolute atomic E-state index is 12.5. The van der Waals surface area contributed by atoms with E-state index < -0.39 is 24.0 Å². The fraction of sp³-hybridized carbons (Fsp3) is 0.294. The Morgan fingerprint density at radius 1 is 1.37 bits per heavy atom. The van der Waals surface area contributed by atoms with Gasteiger partial charge < -0.3 is 16.0 Å². The van der Waals surface area contributed by atoms with E-state index in [4.69, 9.17) is 5.73 Å². The number of hydroxylamine groups is 2. The highest BCUT2D eigenvalue weighted by atomic mass is 32.1. The quantitative estimate of drug-likeness (QED) is 0.654. The first-order valence-electron chi connectivity index (χ1n) is 8.36. The second-order valence-corrected chi connectivity index (χ2v) is 7.48. The SMILES string of the molecule is NC(=O)[C@@H]1c2sc(C(=O)NCCc3ccncc3)cc2[C@H]2CN1C(=O)N2O. The maximum atomic E-state index is 12.5. The molecule has 4 amide bonds. The molecule has 27 heavy (non-hydrogen) atoms. The van der Waals surface area contributed by atoms with E-state index >= 15 is 0 Å². The molecule has 2 aliphatic heterocycles. The molecular weight excluding hydrogens is 370 g/mol. The van der Waals surface area contributed by atoms with Gasteiger partial charge in [-0.3, -0.25) is 19.8 Å². The Balaban J connectivity index is 1.52. The van der Waals surface area contributed by atoms with Crippen LogP contribution in [0.1, 0.15) is 37.8 Å². The van der Waals surface area contributed by atoms with Crippen molar-refractivity contribution in [2.24, 2.45) is 5.73 Å². The van der Waals surface area contributed by atoms with Gasteiger partial charge in [-0.2, -0.15) is 5.06 Å². The van der Waals surface area contributed by atoms with E-state index in [2.05, 4.69) is 10.3 Å². The highest BCUT2D eigenvalue weighted by Gasteiger charge is 2.50. The molecule has 2 atom stereocenters. The molecule has 1 fully saturated rings. The van der Waals surface area contributed by atoms with Crippen LogP contribution < -0.4 is 11.1 Å². The Labute approximate surface area is 158 Å². The maximum Gasteiger partial charge on any atom is 0.345 e. The van der Waals surface area contributed by atoms with E-state index in [0.29, 0.717) is 33.3 Å². The van der Waals surface area contributed by atoms with Gasteiger partial charge in [0.25, 0.3) is 5.91 Å². The molecule has 2 aliphatic rings. The molecule has 140 valence electrons. The summed E-state index contributed by atoms with van der Waals surface area (Å²) in [4.78, 5) is 42.6. The Morgan fingerprint density at radius 3 is 2.81 bits per heavy atom. The van der Waals surface area contributed by atoms with Gasteiger partial charge >= 0.3 is 6.03 Å². The Bertz CT molecular complexity index is 915. The van der Waals surface area contributed by atoms with E-state index in [9.17, 15) is 19.6 Å². The van der Waals surface area contributed by atoms with E-state index in [1.807, 2.05) is 12.1 Å². The zero-order valence-electron chi connectivity index (χ0n) is 14.2. The van der Waals surface area contributed by atoms with Crippen molar-refractivity contribution in [3.05, 3.63) is 51.5 Å². The van der Waals surface area contributed by atoms with Crippen LogP contribution in [0.4, 0.5) is 4.79 Å². The smallest absolute Gasteiger partial charge is 0.345 e. The number of pyridine rings is 1. The first kappa shape index (κ1) is 17.4. The number of rotatable bonds is 5. The van der Waals surface area contributed by atoms with Crippen molar-refractivity contribution in [3.63, 3.8) is 0 Å². The molecule has 9 nitrogen and oxygen atoms in total. The number of nitrogens with two attached hydrogens (primary N) is 1. The van der Waals surface area contributed by atoms with Gasteiger partial charge in [0.15, 0.2) is 0 Å². The largest absolute Gasteiger partial charge is 0.368 e. The predicted molar refractivity (Wildman–Crippen MR) is 95.0 cm³/mol. The van der Waals surface area contributed by atoms with Gasteiger partial charge in [-0.15, -0.1) is 11.3 Å². The first-order chi connectivity index (χ1) is 13.0. The molecule has 4 heterocycles. The third-order valence-corrected chi connectivity index (χ3v) is 5.96. The van der Waals surface area contributed by atoms with Crippen LogP contribution in [0.15, 0.2) is 30.6 Å². The highest BCUT2D eigenvalue weighted by Crippen LogP contribution is 2.46. The number of carbonyl (C=O) groups excluding carboxylic acids is 3. The lowest BCUT2D eigenvalue weighted by Gasteiger charge is -2.27. The van der Waals surface area contributed by atoms with Crippen molar-refractivity contribution in [1.82, 2.24) is 20.3 Å². The van der Waals surface area contributed by atoms with Gasteiger partial charge in [0.05, 0.1) is 11.4 Å². The van der Waals surface area contributed by atoms with Gasteiger partial charge in [0, 0.05) is 23.8 Å². The Hall–Kier alpha value is -2.98. The van der Waals surface area contributed by atoms with Crippen molar-refractivity contribution in [2.75, 3.05) is 13.1 Å². The van der Waals surface area contributed by atoms with Crippen LogP contribution >= 0.6 is 11.3 Å². The number of fused-ring (bicyclic) bond motifs is 4.